The van der Waals surface area contributed by atoms with Gasteiger partial charge in [0.25, 0.3) is 0 Å². The molecule has 0 fully saturated rings. The SMILES string of the molecule is CCOS(=O)(=O)[O-].CCc1cccc2nc3ccccc3[nH+]c12. The molecule has 0 unspecified atom stereocenters. The maximum Gasteiger partial charge on any atom is 0.233 e. The van der Waals surface area contributed by atoms with Gasteiger partial charge in [-0.15, -0.1) is 0 Å². The molecule has 3 rings (SSSR count). The quantitative estimate of drug-likeness (QED) is 0.416. The third-order valence-electron chi connectivity index (χ3n) is 3.18. The summed E-state index contributed by atoms with van der Waals surface area (Å²) < 4.78 is 32.0. The molecule has 1 aromatic heterocycles. The van der Waals surface area contributed by atoms with Crippen LogP contribution in [0.4, 0.5) is 0 Å². The molecular formula is C16H18N2O4S. The Morgan fingerprint density at radius 2 is 1.78 bits per heavy atom. The fraction of sp³-hybridized carbons (Fsp3) is 0.250. The number of para-hydroxylation sites is 3. The van der Waals surface area contributed by atoms with Crippen molar-refractivity contribution in [3.8, 4) is 0 Å². The van der Waals surface area contributed by atoms with E-state index in [1.54, 1.807) is 0 Å². The Labute approximate surface area is 135 Å². The predicted octanol–water partition coefficient (Wildman–Crippen LogP) is 2.25. The molecule has 0 saturated carbocycles. The number of rotatable bonds is 3. The van der Waals surface area contributed by atoms with Crippen LogP contribution in [0.3, 0.4) is 0 Å². The predicted molar refractivity (Wildman–Crippen MR) is 86.5 cm³/mol. The lowest BCUT2D eigenvalue weighted by Gasteiger charge is -2.02. The van der Waals surface area contributed by atoms with E-state index in [0.29, 0.717) is 0 Å². The summed E-state index contributed by atoms with van der Waals surface area (Å²) in [5, 5.41) is 0. The van der Waals surface area contributed by atoms with Gasteiger partial charge >= 0.3 is 0 Å². The van der Waals surface area contributed by atoms with Gasteiger partial charge in [-0.2, -0.15) is 0 Å². The maximum atomic E-state index is 9.45. The first-order valence-electron chi connectivity index (χ1n) is 7.24. The minimum absolute atomic E-state index is 0.0914. The largest absolute Gasteiger partial charge is 0.726 e. The van der Waals surface area contributed by atoms with Crippen molar-refractivity contribution in [3.63, 3.8) is 0 Å². The average molecular weight is 334 g/mol. The molecule has 0 aliphatic heterocycles. The van der Waals surface area contributed by atoms with Gasteiger partial charge in [0, 0.05) is 11.6 Å². The topological polar surface area (TPSA) is 93.5 Å². The number of hydrogen-bond acceptors (Lipinski definition) is 5. The highest BCUT2D eigenvalue weighted by Gasteiger charge is 2.09. The lowest BCUT2D eigenvalue weighted by molar-refractivity contribution is -0.311. The maximum absolute atomic E-state index is 9.45. The van der Waals surface area contributed by atoms with Crippen molar-refractivity contribution in [2.45, 2.75) is 20.3 Å². The molecule has 1 heterocycles. The number of H-pyrrole nitrogens is 1. The van der Waals surface area contributed by atoms with Crippen molar-refractivity contribution in [1.82, 2.24) is 4.98 Å². The van der Waals surface area contributed by atoms with Gasteiger partial charge in [-0.05, 0) is 25.5 Å². The molecule has 0 saturated heterocycles. The third-order valence-corrected chi connectivity index (χ3v) is 3.70. The van der Waals surface area contributed by atoms with Crippen molar-refractivity contribution >= 4 is 32.5 Å². The first kappa shape index (κ1) is 17.3. The summed E-state index contributed by atoms with van der Waals surface area (Å²) in [6.45, 7) is 3.50. The van der Waals surface area contributed by atoms with E-state index in [1.807, 2.05) is 18.2 Å². The van der Waals surface area contributed by atoms with Gasteiger partial charge in [0.05, 0.1) is 6.61 Å². The number of nitrogens with one attached hydrogen (secondary N) is 1. The van der Waals surface area contributed by atoms with E-state index in [2.05, 4.69) is 45.3 Å². The Kier molecular flexibility index (Phi) is 5.59. The second-order valence-electron chi connectivity index (χ2n) is 4.73. The number of benzene rings is 2. The minimum Gasteiger partial charge on any atom is -0.726 e. The normalized spacial score (nSPS) is 11.3. The Morgan fingerprint density at radius 1 is 1.09 bits per heavy atom. The molecule has 0 aliphatic rings. The lowest BCUT2D eigenvalue weighted by Crippen LogP contribution is -2.09. The summed E-state index contributed by atoms with van der Waals surface area (Å²) in [5.74, 6) is 0. The number of aryl methyl sites for hydroxylation is 1. The Hall–Kier alpha value is -2.09. The molecule has 0 aliphatic carbocycles. The molecule has 0 bridgehead atoms. The molecule has 3 aromatic rings. The molecule has 0 atom stereocenters. The van der Waals surface area contributed by atoms with Crippen LogP contribution in [0, 0.1) is 0 Å². The molecule has 2 aromatic carbocycles. The summed E-state index contributed by atoms with van der Waals surface area (Å²) in [4.78, 5) is 8.12. The van der Waals surface area contributed by atoms with Gasteiger partial charge in [0.15, 0.2) is 0 Å². The summed E-state index contributed by atoms with van der Waals surface area (Å²) in [6, 6.07) is 14.4. The van der Waals surface area contributed by atoms with Crippen LogP contribution in [0.15, 0.2) is 42.5 Å². The van der Waals surface area contributed by atoms with Crippen molar-refractivity contribution in [2.24, 2.45) is 0 Å². The van der Waals surface area contributed by atoms with Crippen molar-refractivity contribution < 1.29 is 22.1 Å². The van der Waals surface area contributed by atoms with Crippen LogP contribution in [-0.2, 0) is 21.0 Å². The highest BCUT2D eigenvalue weighted by molar-refractivity contribution is 7.80. The highest BCUT2D eigenvalue weighted by atomic mass is 32.3. The second kappa shape index (κ2) is 7.45. The van der Waals surface area contributed by atoms with E-state index in [0.717, 1.165) is 28.5 Å². The van der Waals surface area contributed by atoms with Crippen molar-refractivity contribution in [1.29, 1.82) is 0 Å². The smallest absolute Gasteiger partial charge is 0.233 e. The number of hydrogen-bond donors (Lipinski definition) is 0. The lowest BCUT2D eigenvalue weighted by atomic mass is 10.1. The van der Waals surface area contributed by atoms with Gasteiger partial charge in [0.2, 0.25) is 21.4 Å². The van der Waals surface area contributed by atoms with Crippen LogP contribution in [0.2, 0.25) is 0 Å². The number of aromatic amines is 1. The summed E-state index contributed by atoms with van der Waals surface area (Å²) >= 11 is 0. The van der Waals surface area contributed by atoms with Crippen LogP contribution in [0.25, 0.3) is 22.1 Å². The summed E-state index contributed by atoms with van der Waals surface area (Å²) in [5.41, 5.74) is 5.62. The monoisotopic (exact) mass is 334 g/mol. The van der Waals surface area contributed by atoms with E-state index in [9.17, 15) is 13.0 Å². The van der Waals surface area contributed by atoms with Gasteiger partial charge in [-0.3, -0.25) is 4.18 Å². The standard InChI is InChI=1S/C14H12N2.C2H6O4S/c1-2-10-6-5-9-13-14(10)16-12-8-4-3-7-11(12)15-13;1-2-6-7(3,4)5/h3-9H,2H2,1H3;2H2,1H3,(H,3,4,5). The van der Waals surface area contributed by atoms with Crippen LogP contribution < -0.4 is 4.98 Å². The van der Waals surface area contributed by atoms with Gasteiger partial charge in [-0.25, -0.2) is 18.4 Å². The van der Waals surface area contributed by atoms with Crippen molar-refractivity contribution in [3.05, 3.63) is 48.0 Å². The van der Waals surface area contributed by atoms with Gasteiger partial charge in [-0.1, -0.05) is 31.2 Å². The molecule has 6 nitrogen and oxygen atoms in total. The first-order valence-corrected chi connectivity index (χ1v) is 8.58. The number of aromatic nitrogens is 2. The molecule has 1 N–H and O–H groups in total. The van der Waals surface area contributed by atoms with Gasteiger partial charge in [0.1, 0.15) is 11.0 Å². The van der Waals surface area contributed by atoms with Crippen LogP contribution in [0.5, 0.6) is 0 Å². The van der Waals surface area contributed by atoms with Crippen LogP contribution >= 0.6 is 0 Å². The van der Waals surface area contributed by atoms with E-state index in [-0.39, 0.29) is 6.61 Å². The summed E-state index contributed by atoms with van der Waals surface area (Å²) in [6.07, 6.45) is 1.02. The fourth-order valence-electron chi connectivity index (χ4n) is 2.20. The van der Waals surface area contributed by atoms with E-state index >= 15 is 0 Å². The fourth-order valence-corrected chi connectivity index (χ4v) is 2.49. The second-order valence-corrected chi connectivity index (χ2v) is 5.79. The molecule has 122 valence electrons. The number of fused-ring (bicyclic) bond motifs is 2. The minimum atomic E-state index is -4.42. The molecule has 0 spiro atoms. The highest BCUT2D eigenvalue weighted by Crippen LogP contribution is 2.16. The molecule has 0 amide bonds. The third kappa shape index (κ3) is 4.69. The summed E-state index contributed by atoms with van der Waals surface area (Å²) in [7, 11) is -4.42. The molecule has 23 heavy (non-hydrogen) atoms. The Balaban J connectivity index is 0.000000236. The molecule has 0 radical (unpaired) electrons. The van der Waals surface area contributed by atoms with E-state index < -0.39 is 10.4 Å². The van der Waals surface area contributed by atoms with Crippen molar-refractivity contribution in [2.75, 3.05) is 6.61 Å². The van der Waals surface area contributed by atoms with Crippen LogP contribution in [0.1, 0.15) is 19.4 Å². The molecule has 7 heteroatoms. The Bertz CT molecular complexity index is 910. The number of nitrogens with zero attached hydrogens (tertiary/aromatic N) is 1. The molecular weight excluding hydrogens is 316 g/mol. The van der Waals surface area contributed by atoms with E-state index in [1.165, 1.54) is 12.5 Å². The first-order chi connectivity index (χ1) is 10.9. The van der Waals surface area contributed by atoms with Gasteiger partial charge < -0.3 is 4.55 Å². The Morgan fingerprint density at radius 3 is 2.39 bits per heavy atom. The zero-order valence-corrected chi connectivity index (χ0v) is 13.8. The van der Waals surface area contributed by atoms with Crippen LogP contribution in [-0.4, -0.2) is 24.6 Å². The average Bonchev–Trinajstić information content (AvgIpc) is 2.51. The zero-order valence-electron chi connectivity index (χ0n) is 12.9. The van der Waals surface area contributed by atoms with E-state index in [4.69, 9.17) is 0 Å². The zero-order chi connectivity index (χ0) is 16.9.